The largest absolute Gasteiger partial charge is 0.294 e. The van der Waals surface area contributed by atoms with Gasteiger partial charge in [-0.2, -0.15) is 0 Å². The van der Waals surface area contributed by atoms with Gasteiger partial charge in [-0.25, -0.2) is 9.69 Å². The molecule has 7 heteroatoms. The molecule has 0 fully saturated rings. The van der Waals surface area contributed by atoms with Crippen LogP contribution in [0.1, 0.15) is 19.4 Å². The number of carbonyl (C=O) groups excluding carboxylic acids is 2. The van der Waals surface area contributed by atoms with Crippen LogP contribution in [0.2, 0.25) is 0 Å². The zero-order valence-corrected chi connectivity index (χ0v) is 12.3. The lowest BCUT2D eigenvalue weighted by atomic mass is 10.1. The Morgan fingerprint density at radius 1 is 1.14 bits per heavy atom. The van der Waals surface area contributed by atoms with E-state index in [1.807, 2.05) is 30.3 Å². The summed E-state index contributed by atoms with van der Waals surface area (Å²) in [6, 6.07) is 9.35. The molecule has 21 heavy (non-hydrogen) atoms. The minimum Gasteiger partial charge on any atom is -0.294 e. The SMILES string of the molecule is CC(=O)C1=C(c2ccccc2)N(C(C)=O)n2cnnc2S1. The standard InChI is InChI=1S/C14H12N4O2S/c1-9(19)13-12(11-6-4-3-5-7-11)18(10(2)20)17-8-15-16-14(17)21-13/h3-8H,1-2H3. The van der Waals surface area contributed by atoms with Crippen LogP contribution >= 0.6 is 11.8 Å². The van der Waals surface area contributed by atoms with Crippen molar-refractivity contribution in [2.45, 2.75) is 19.0 Å². The first kappa shape index (κ1) is 13.6. The van der Waals surface area contributed by atoms with E-state index in [0.717, 1.165) is 5.56 Å². The lowest BCUT2D eigenvalue weighted by Crippen LogP contribution is -2.40. The maximum absolute atomic E-state index is 12.1. The van der Waals surface area contributed by atoms with Gasteiger partial charge in [0, 0.05) is 12.5 Å². The van der Waals surface area contributed by atoms with Gasteiger partial charge in [0.25, 0.3) is 0 Å². The molecular formula is C14H12N4O2S. The van der Waals surface area contributed by atoms with Crippen LogP contribution in [-0.2, 0) is 9.59 Å². The molecule has 1 amide bonds. The number of thioether (sulfide) groups is 1. The quantitative estimate of drug-likeness (QED) is 0.846. The number of fused-ring (bicyclic) bond motifs is 1. The predicted octanol–water partition coefficient (Wildman–Crippen LogP) is 1.83. The molecule has 0 aliphatic carbocycles. The summed E-state index contributed by atoms with van der Waals surface area (Å²) in [5.74, 6) is -0.326. The van der Waals surface area contributed by atoms with Crippen LogP contribution in [0.4, 0.5) is 0 Å². The van der Waals surface area contributed by atoms with E-state index in [2.05, 4.69) is 10.2 Å². The first-order valence-corrected chi connectivity index (χ1v) is 7.10. The summed E-state index contributed by atoms with van der Waals surface area (Å²) in [7, 11) is 0. The second-order valence-corrected chi connectivity index (χ2v) is 5.47. The van der Waals surface area contributed by atoms with Gasteiger partial charge in [0.15, 0.2) is 5.78 Å². The highest BCUT2D eigenvalue weighted by molar-refractivity contribution is 8.04. The summed E-state index contributed by atoms with van der Waals surface area (Å²) >= 11 is 1.22. The Hall–Kier alpha value is -2.41. The molecule has 2 aromatic rings. The predicted molar refractivity (Wildman–Crippen MR) is 78.8 cm³/mol. The van der Waals surface area contributed by atoms with Crippen LogP contribution in [0, 0.1) is 0 Å². The lowest BCUT2D eigenvalue weighted by molar-refractivity contribution is -0.117. The van der Waals surface area contributed by atoms with Gasteiger partial charge in [-0.1, -0.05) is 30.3 Å². The monoisotopic (exact) mass is 300 g/mol. The average molecular weight is 300 g/mol. The van der Waals surface area contributed by atoms with Gasteiger partial charge in [-0.15, -0.1) is 10.2 Å². The summed E-state index contributed by atoms with van der Waals surface area (Å²) < 4.78 is 1.56. The van der Waals surface area contributed by atoms with Crippen molar-refractivity contribution in [3.63, 3.8) is 0 Å². The van der Waals surface area contributed by atoms with Gasteiger partial charge in [0.05, 0.1) is 10.6 Å². The number of amides is 1. The maximum atomic E-state index is 12.1. The molecule has 3 rings (SSSR count). The van der Waals surface area contributed by atoms with E-state index in [4.69, 9.17) is 0 Å². The summed E-state index contributed by atoms with van der Waals surface area (Å²) in [5.41, 5.74) is 1.36. The number of hydrogen-bond acceptors (Lipinski definition) is 5. The van der Waals surface area contributed by atoms with Gasteiger partial charge < -0.3 is 0 Å². The molecule has 1 aromatic heterocycles. The Balaban J connectivity index is 2.27. The minimum atomic E-state index is -0.214. The smallest absolute Gasteiger partial charge is 0.243 e. The molecule has 1 aromatic carbocycles. The third-order valence-corrected chi connectivity index (χ3v) is 4.14. The molecule has 0 spiro atoms. The maximum Gasteiger partial charge on any atom is 0.243 e. The Kier molecular flexibility index (Phi) is 3.34. The van der Waals surface area contributed by atoms with Crippen LogP contribution in [0.5, 0.6) is 0 Å². The second-order valence-electron chi connectivity index (χ2n) is 4.49. The Morgan fingerprint density at radius 3 is 2.48 bits per heavy atom. The number of aromatic nitrogens is 3. The first-order chi connectivity index (χ1) is 10.1. The van der Waals surface area contributed by atoms with Crippen molar-refractivity contribution >= 4 is 29.1 Å². The minimum absolute atomic E-state index is 0.112. The molecular weight excluding hydrogens is 288 g/mol. The van der Waals surface area contributed by atoms with Crippen LogP contribution < -0.4 is 5.01 Å². The summed E-state index contributed by atoms with van der Waals surface area (Å²) in [6.07, 6.45) is 1.46. The molecule has 0 radical (unpaired) electrons. The molecule has 0 unspecified atom stereocenters. The number of benzene rings is 1. The molecule has 1 aliphatic heterocycles. The molecule has 1 aliphatic rings. The molecule has 0 atom stereocenters. The zero-order chi connectivity index (χ0) is 15.0. The highest BCUT2D eigenvalue weighted by atomic mass is 32.2. The second kappa shape index (κ2) is 5.17. The number of carbonyl (C=O) groups is 2. The van der Waals surface area contributed by atoms with Crippen molar-refractivity contribution in [3.8, 4) is 0 Å². The fourth-order valence-corrected chi connectivity index (χ4v) is 3.10. The Morgan fingerprint density at radius 2 is 1.86 bits per heavy atom. The van der Waals surface area contributed by atoms with Gasteiger partial charge in [0.2, 0.25) is 11.1 Å². The highest BCUT2D eigenvalue weighted by Crippen LogP contribution is 2.38. The third kappa shape index (κ3) is 2.25. The van der Waals surface area contributed by atoms with Crippen LogP contribution in [0.25, 0.3) is 5.70 Å². The topological polar surface area (TPSA) is 68.1 Å². The fraction of sp³-hybridized carbons (Fsp3) is 0.143. The molecule has 0 saturated heterocycles. The van der Waals surface area contributed by atoms with E-state index in [-0.39, 0.29) is 11.7 Å². The van der Waals surface area contributed by atoms with Crippen molar-refractivity contribution in [3.05, 3.63) is 47.1 Å². The number of nitrogens with zero attached hydrogens (tertiary/aromatic N) is 4. The van der Waals surface area contributed by atoms with E-state index < -0.39 is 0 Å². The van der Waals surface area contributed by atoms with Gasteiger partial charge in [-0.3, -0.25) is 9.59 Å². The lowest BCUT2D eigenvalue weighted by Gasteiger charge is -2.30. The average Bonchev–Trinajstić information content (AvgIpc) is 2.93. The van der Waals surface area contributed by atoms with Crippen molar-refractivity contribution in [1.82, 2.24) is 14.9 Å². The number of rotatable bonds is 2. The van der Waals surface area contributed by atoms with E-state index in [1.54, 1.807) is 4.68 Å². The van der Waals surface area contributed by atoms with E-state index in [0.29, 0.717) is 15.8 Å². The van der Waals surface area contributed by atoms with Crippen molar-refractivity contribution in [1.29, 1.82) is 0 Å². The van der Waals surface area contributed by atoms with Gasteiger partial charge in [-0.05, 0) is 18.7 Å². The van der Waals surface area contributed by atoms with E-state index >= 15 is 0 Å². The molecule has 2 heterocycles. The van der Waals surface area contributed by atoms with Crippen LogP contribution in [-0.4, -0.2) is 26.6 Å². The highest BCUT2D eigenvalue weighted by Gasteiger charge is 2.32. The number of ketones is 1. The van der Waals surface area contributed by atoms with Crippen LogP contribution in [0.15, 0.2) is 46.7 Å². The first-order valence-electron chi connectivity index (χ1n) is 6.29. The molecule has 0 N–H and O–H groups in total. The number of allylic oxidation sites excluding steroid dienone is 1. The van der Waals surface area contributed by atoms with Crippen LogP contribution in [0.3, 0.4) is 0 Å². The van der Waals surface area contributed by atoms with E-state index in [1.165, 1.54) is 36.9 Å². The van der Waals surface area contributed by atoms with Crippen molar-refractivity contribution in [2.24, 2.45) is 0 Å². The molecule has 6 nitrogen and oxygen atoms in total. The number of Topliss-reactive ketones (excluding diaryl/α,β-unsaturated/α-hetero) is 1. The van der Waals surface area contributed by atoms with Crippen molar-refractivity contribution < 1.29 is 9.59 Å². The Bertz CT molecular complexity index is 751. The van der Waals surface area contributed by atoms with E-state index in [9.17, 15) is 9.59 Å². The molecule has 0 saturated carbocycles. The third-order valence-electron chi connectivity index (χ3n) is 3.00. The fourth-order valence-electron chi connectivity index (χ4n) is 2.16. The Labute approximate surface area is 125 Å². The normalized spacial score (nSPS) is 14.1. The van der Waals surface area contributed by atoms with Gasteiger partial charge >= 0.3 is 0 Å². The summed E-state index contributed by atoms with van der Waals surface area (Å²) in [5, 5.41) is 9.69. The summed E-state index contributed by atoms with van der Waals surface area (Å²) in [6.45, 7) is 2.93. The van der Waals surface area contributed by atoms with Gasteiger partial charge in [0.1, 0.15) is 6.33 Å². The molecule has 106 valence electrons. The zero-order valence-electron chi connectivity index (χ0n) is 11.5. The summed E-state index contributed by atoms with van der Waals surface area (Å²) in [4.78, 5) is 24.6. The molecule has 0 bridgehead atoms. The number of hydrogen-bond donors (Lipinski definition) is 0. The van der Waals surface area contributed by atoms with Crippen molar-refractivity contribution in [2.75, 3.05) is 5.01 Å².